The summed E-state index contributed by atoms with van der Waals surface area (Å²) in [5.74, 6) is -0.0441. The van der Waals surface area contributed by atoms with E-state index in [0.717, 1.165) is 0 Å². The lowest BCUT2D eigenvalue weighted by atomic mass is 10.1. The molecule has 0 spiro atoms. The Morgan fingerprint density at radius 2 is 2.12 bits per heavy atom. The van der Waals surface area contributed by atoms with E-state index in [1.807, 2.05) is 13.8 Å². The van der Waals surface area contributed by atoms with Gasteiger partial charge in [-0.25, -0.2) is 4.79 Å². The molecule has 1 unspecified atom stereocenters. The predicted octanol–water partition coefficient (Wildman–Crippen LogP) is -0.253. The zero-order chi connectivity index (χ0) is 12.1. The van der Waals surface area contributed by atoms with Gasteiger partial charge >= 0.3 is 6.03 Å². The molecule has 1 atom stereocenters. The zero-order valence-corrected chi connectivity index (χ0v) is 9.50. The number of hydrogen-bond acceptors (Lipinski definition) is 3. The molecule has 0 aromatic carbocycles. The molecule has 4 amide bonds. The van der Waals surface area contributed by atoms with Crippen molar-refractivity contribution in [3.63, 3.8) is 0 Å². The van der Waals surface area contributed by atoms with Gasteiger partial charge in [0, 0.05) is 13.0 Å². The van der Waals surface area contributed by atoms with Crippen LogP contribution in [0.15, 0.2) is 0 Å². The van der Waals surface area contributed by atoms with Crippen molar-refractivity contribution < 1.29 is 14.4 Å². The number of carbonyl (C=O) groups excluding carboxylic acids is 3. The highest BCUT2D eigenvalue weighted by Crippen LogP contribution is 2.00. The molecular formula is C10H17N3O3. The van der Waals surface area contributed by atoms with Gasteiger partial charge in [0.05, 0.1) is 0 Å². The molecule has 1 saturated heterocycles. The van der Waals surface area contributed by atoms with Crippen molar-refractivity contribution >= 4 is 17.8 Å². The molecule has 0 aromatic heterocycles. The van der Waals surface area contributed by atoms with E-state index in [2.05, 4.69) is 16.0 Å². The molecule has 0 saturated carbocycles. The van der Waals surface area contributed by atoms with Gasteiger partial charge in [0.1, 0.15) is 6.04 Å². The summed E-state index contributed by atoms with van der Waals surface area (Å²) in [7, 11) is 0. The largest absolute Gasteiger partial charge is 0.356 e. The Hall–Kier alpha value is -1.59. The lowest BCUT2D eigenvalue weighted by molar-refractivity contribution is -0.123. The van der Waals surface area contributed by atoms with Gasteiger partial charge in [0.2, 0.25) is 5.91 Å². The molecule has 6 heteroatoms. The van der Waals surface area contributed by atoms with Crippen LogP contribution in [-0.2, 0) is 9.59 Å². The fourth-order valence-electron chi connectivity index (χ4n) is 1.46. The second-order valence-corrected chi connectivity index (χ2v) is 4.25. The first-order valence-electron chi connectivity index (χ1n) is 5.37. The Labute approximate surface area is 94.2 Å². The first-order valence-corrected chi connectivity index (χ1v) is 5.37. The average molecular weight is 227 g/mol. The molecule has 0 radical (unpaired) electrons. The van der Waals surface area contributed by atoms with Gasteiger partial charge in [0.25, 0.3) is 5.91 Å². The van der Waals surface area contributed by atoms with Gasteiger partial charge in [-0.3, -0.25) is 14.9 Å². The smallest absolute Gasteiger partial charge is 0.322 e. The van der Waals surface area contributed by atoms with Crippen molar-refractivity contribution in [2.45, 2.75) is 32.7 Å². The summed E-state index contributed by atoms with van der Waals surface area (Å²) in [5.41, 5.74) is 0. The van der Waals surface area contributed by atoms with Gasteiger partial charge in [-0.15, -0.1) is 0 Å². The van der Waals surface area contributed by atoms with Crippen LogP contribution >= 0.6 is 0 Å². The summed E-state index contributed by atoms with van der Waals surface area (Å²) in [6.07, 6.45) is 0.893. The molecule has 1 rings (SSSR count). The molecule has 1 aliphatic rings. The van der Waals surface area contributed by atoms with Gasteiger partial charge in [-0.1, -0.05) is 13.8 Å². The van der Waals surface area contributed by atoms with Gasteiger partial charge in [-0.2, -0.15) is 0 Å². The molecule has 6 nitrogen and oxygen atoms in total. The van der Waals surface area contributed by atoms with Crippen molar-refractivity contribution in [3.8, 4) is 0 Å². The second-order valence-electron chi connectivity index (χ2n) is 4.25. The normalized spacial score (nSPS) is 19.6. The number of amides is 4. The van der Waals surface area contributed by atoms with Gasteiger partial charge in [-0.05, 0) is 12.3 Å². The number of nitrogens with one attached hydrogen (secondary N) is 3. The zero-order valence-electron chi connectivity index (χ0n) is 9.50. The number of imide groups is 1. The highest BCUT2D eigenvalue weighted by atomic mass is 16.2. The predicted molar refractivity (Wildman–Crippen MR) is 57.5 cm³/mol. The first kappa shape index (κ1) is 12.5. The standard InChI is InChI=1S/C10H17N3O3/c1-6(2)5-8(14)11-4-3-7-9(15)13-10(16)12-7/h6-7H,3-5H2,1-2H3,(H,11,14)(H2,12,13,15,16). The van der Waals surface area contributed by atoms with E-state index in [9.17, 15) is 14.4 Å². The van der Waals surface area contributed by atoms with Crippen molar-refractivity contribution in [3.05, 3.63) is 0 Å². The maximum atomic E-state index is 11.3. The minimum atomic E-state index is -0.521. The first-order chi connectivity index (χ1) is 7.49. The molecule has 1 fully saturated rings. The van der Waals surface area contributed by atoms with Gasteiger partial charge < -0.3 is 10.6 Å². The van der Waals surface area contributed by atoms with Crippen LogP contribution in [0.3, 0.4) is 0 Å². The van der Waals surface area contributed by atoms with E-state index in [-0.39, 0.29) is 11.8 Å². The molecule has 3 N–H and O–H groups in total. The lowest BCUT2D eigenvalue weighted by Gasteiger charge is -2.09. The molecule has 1 aliphatic heterocycles. The van der Waals surface area contributed by atoms with Crippen LogP contribution in [0.2, 0.25) is 0 Å². The van der Waals surface area contributed by atoms with Crippen LogP contribution in [0.4, 0.5) is 4.79 Å². The minimum absolute atomic E-state index is 0.0280. The number of hydrogen-bond donors (Lipinski definition) is 3. The van der Waals surface area contributed by atoms with Crippen LogP contribution in [-0.4, -0.2) is 30.4 Å². The van der Waals surface area contributed by atoms with E-state index < -0.39 is 12.1 Å². The monoisotopic (exact) mass is 227 g/mol. The van der Waals surface area contributed by atoms with Crippen LogP contribution < -0.4 is 16.0 Å². The van der Waals surface area contributed by atoms with Crippen LogP contribution in [0.1, 0.15) is 26.7 Å². The van der Waals surface area contributed by atoms with Crippen molar-refractivity contribution in [1.82, 2.24) is 16.0 Å². The molecule has 90 valence electrons. The van der Waals surface area contributed by atoms with Crippen LogP contribution in [0, 0.1) is 5.92 Å². The van der Waals surface area contributed by atoms with Crippen molar-refractivity contribution in [1.29, 1.82) is 0 Å². The molecule has 0 aromatic rings. The Kier molecular flexibility index (Phi) is 4.28. The average Bonchev–Trinajstić information content (AvgIpc) is 2.44. The van der Waals surface area contributed by atoms with E-state index in [1.165, 1.54) is 0 Å². The summed E-state index contributed by atoms with van der Waals surface area (Å²) in [6.45, 7) is 4.32. The Balaban J connectivity index is 2.18. The number of rotatable bonds is 5. The summed E-state index contributed by atoms with van der Waals surface area (Å²) >= 11 is 0. The third-order valence-corrected chi connectivity index (χ3v) is 2.21. The summed E-state index contributed by atoms with van der Waals surface area (Å²) < 4.78 is 0. The van der Waals surface area contributed by atoms with Crippen LogP contribution in [0.25, 0.3) is 0 Å². The van der Waals surface area contributed by atoms with Crippen molar-refractivity contribution in [2.75, 3.05) is 6.54 Å². The van der Waals surface area contributed by atoms with Crippen LogP contribution in [0.5, 0.6) is 0 Å². The number of carbonyl (C=O) groups is 3. The fourth-order valence-corrected chi connectivity index (χ4v) is 1.46. The van der Waals surface area contributed by atoms with E-state index in [4.69, 9.17) is 0 Å². The molecule has 1 heterocycles. The summed E-state index contributed by atoms with van der Waals surface area (Å²) in [4.78, 5) is 33.2. The van der Waals surface area contributed by atoms with E-state index in [1.54, 1.807) is 0 Å². The Morgan fingerprint density at radius 3 is 2.62 bits per heavy atom. The van der Waals surface area contributed by atoms with Crippen molar-refractivity contribution in [2.24, 2.45) is 5.92 Å². The molecule has 16 heavy (non-hydrogen) atoms. The highest BCUT2D eigenvalue weighted by molar-refractivity contribution is 6.04. The van der Waals surface area contributed by atoms with E-state index >= 15 is 0 Å². The second kappa shape index (κ2) is 5.48. The number of urea groups is 1. The molecular weight excluding hydrogens is 210 g/mol. The minimum Gasteiger partial charge on any atom is -0.356 e. The maximum absolute atomic E-state index is 11.3. The summed E-state index contributed by atoms with van der Waals surface area (Å²) in [6, 6.07) is -0.990. The fraction of sp³-hybridized carbons (Fsp3) is 0.700. The Morgan fingerprint density at radius 1 is 1.44 bits per heavy atom. The lowest BCUT2D eigenvalue weighted by Crippen LogP contribution is -2.34. The summed E-state index contributed by atoms with van der Waals surface area (Å²) in [5, 5.41) is 7.31. The third kappa shape index (κ3) is 3.88. The quantitative estimate of drug-likeness (QED) is 0.566. The molecule has 0 bridgehead atoms. The Bertz CT molecular complexity index is 302. The highest BCUT2D eigenvalue weighted by Gasteiger charge is 2.28. The van der Waals surface area contributed by atoms with Gasteiger partial charge in [0.15, 0.2) is 0 Å². The van der Waals surface area contributed by atoms with E-state index in [0.29, 0.717) is 25.3 Å². The SMILES string of the molecule is CC(C)CC(=O)NCCC1NC(=O)NC1=O. The third-order valence-electron chi connectivity index (χ3n) is 2.21. The molecule has 0 aliphatic carbocycles. The maximum Gasteiger partial charge on any atom is 0.322 e. The topological polar surface area (TPSA) is 87.3 Å².